The molecule has 2 rings (SSSR count). The lowest BCUT2D eigenvalue weighted by molar-refractivity contribution is -0.242. The first-order valence-corrected chi connectivity index (χ1v) is 9.35. The fourth-order valence-electron chi connectivity index (χ4n) is 1.87. The van der Waals surface area contributed by atoms with Crippen LogP contribution in [0.25, 0.3) is 0 Å². The molecule has 0 spiro atoms. The van der Waals surface area contributed by atoms with E-state index in [1.807, 2.05) is 5.32 Å². The largest absolute Gasteiger partial charge is 0.426 e. The average Bonchev–Trinajstić information content (AvgIpc) is 2.56. The molecule has 0 aliphatic carbocycles. The minimum atomic E-state index is -5.17. The van der Waals surface area contributed by atoms with Gasteiger partial charge in [0.2, 0.25) is 15.4 Å². The van der Waals surface area contributed by atoms with Gasteiger partial charge in [0.25, 0.3) is 5.91 Å². The molecule has 140 valence electrons. The Morgan fingerprint density at radius 1 is 1.08 bits per heavy atom. The monoisotopic (exact) mass is 451 g/mol. The Labute approximate surface area is 155 Å². The molecule has 0 bridgehead atoms. The molecular weight excluding hydrogens is 439 g/mol. The number of hydrogen-bond acceptors (Lipinski definition) is 4. The highest BCUT2D eigenvalue weighted by Gasteiger charge is 2.55. The zero-order valence-electron chi connectivity index (χ0n) is 13.2. The molecular formula is C16H13BrF3NO4S. The Morgan fingerprint density at radius 2 is 1.65 bits per heavy atom. The summed E-state index contributed by atoms with van der Waals surface area (Å²) in [7, 11) is -3.83. The molecule has 2 aromatic carbocycles. The third-order valence-electron chi connectivity index (χ3n) is 3.55. The number of hydrogen-bond donors (Lipinski definition) is 2. The maximum Gasteiger partial charge on any atom is 0.426 e. The number of aliphatic hydroxyl groups is 1. The number of nitrogens with one attached hydrogen (secondary N) is 1. The van der Waals surface area contributed by atoms with E-state index in [1.165, 1.54) is 12.1 Å². The van der Waals surface area contributed by atoms with Crippen LogP contribution in [-0.4, -0.2) is 31.2 Å². The van der Waals surface area contributed by atoms with Crippen LogP contribution in [0.4, 0.5) is 18.9 Å². The first kappa shape index (κ1) is 20.4. The summed E-state index contributed by atoms with van der Waals surface area (Å²) in [6, 6.07) is 11.0. The molecule has 1 amide bonds. The highest BCUT2D eigenvalue weighted by atomic mass is 79.9. The van der Waals surface area contributed by atoms with Crippen molar-refractivity contribution in [2.75, 3.05) is 5.32 Å². The summed E-state index contributed by atoms with van der Waals surface area (Å²) < 4.78 is 63.1. The Morgan fingerprint density at radius 3 is 2.15 bits per heavy atom. The zero-order valence-corrected chi connectivity index (χ0v) is 15.6. The van der Waals surface area contributed by atoms with E-state index < -0.39 is 27.5 Å². The number of rotatable bonds is 4. The van der Waals surface area contributed by atoms with Crippen molar-refractivity contribution in [3.63, 3.8) is 0 Å². The molecule has 0 fully saturated rings. The van der Waals surface area contributed by atoms with Gasteiger partial charge in [0, 0.05) is 4.47 Å². The van der Waals surface area contributed by atoms with E-state index in [0.717, 1.165) is 18.2 Å². The Kier molecular flexibility index (Phi) is 5.50. The van der Waals surface area contributed by atoms with Crippen LogP contribution in [0.3, 0.4) is 0 Å². The fraction of sp³-hybridized carbons (Fsp3) is 0.188. The Bertz CT molecular complexity index is 928. The normalized spacial score (nSPS) is 14.5. The van der Waals surface area contributed by atoms with Gasteiger partial charge in [0.1, 0.15) is 0 Å². The SMILES string of the molecule is CC(O)(C(=O)Nc1ccc(S(=O)(=O)c2ccccc2)cc1Br)C(F)(F)F. The molecule has 1 atom stereocenters. The molecule has 0 aromatic heterocycles. The van der Waals surface area contributed by atoms with Crippen molar-refractivity contribution in [1.82, 2.24) is 0 Å². The van der Waals surface area contributed by atoms with Crippen molar-refractivity contribution in [2.45, 2.75) is 28.5 Å². The van der Waals surface area contributed by atoms with Gasteiger partial charge in [-0.15, -0.1) is 0 Å². The van der Waals surface area contributed by atoms with Gasteiger partial charge in [0.05, 0.1) is 15.5 Å². The van der Waals surface area contributed by atoms with Crippen LogP contribution in [-0.2, 0) is 14.6 Å². The highest BCUT2D eigenvalue weighted by Crippen LogP contribution is 2.33. The van der Waals surface area contributed by atoms with Gasteiger partial charge >= 0.3 is 6.18 Å². The molecule has 0 radical (unpaired) electrons. The Balaban J connectivity index is 2.33. The van der Waals surface area contributed by atoms with Crippen LogP contribution in [0, 0.1) is 0 Å². The molecule has 0 aliphatic heterocycles. The van der Waals surface area contributed by atoms with Crippen molar-refractivity contribution in [1.29, 1.82) is 0 Å². The van der Waals surface area contributed by atoms with Crippen LogP contribution in [0.1, 0.15) is 6.92 Å². The lowest BCUT2D eigenvalue weighted by Gasteiger charge is -2.25. The fourth-order valence-corrected chi connectivity index (χ4v) is 3.81. The standard InChI is InChI=1S/C16H13BrF3NO4S/c1-15(23,16(18,19)20)14(22)21-13-8-7-11(9-12(13)17)26(24,25)10-5-3-2-4-6-10/h2-9,23H,1H3,(H,21,22). The predicted octanol–water partition coefficient (Wildman–Crippen LogP) is 3.53. The number of carbonyl (C=O) groups excluding carboxylic acids is 1. The van der Waals surface area contributed by atoms with Gasteiger partial charge in [-0.2, -0.15) is 13.2 Å². The molecule has 5 nitrogen and oxygen atoms in total. The van der Waals surface area contributed by atoms with Gasteiger partial charge in [-0.05, 0) is 53.2 Å². The number of anilines is 1. The van der Waals surface area contributed by atoms with E-state index in [2.05, 4.69) is 15.9 Å². The lowest BCUT2D eigenvalue weighted by atomic mass is 10.1. The van der Waals surface area contributed by atoms with Crippen LogP contribution < -0.4 is 5.32 Å². The number of halogens is 4. The van der Waals surface area contributed by atoms with E-state index >= 15 is 0 Å². The third kappa shape index (κ3) is 3.92. The first-order valence-electron chi connectivity index (χ1n) is 7.07. The van der Waals surface area contributed by atoms with Gasteiger partial charge in [-0.1, -0.05) is 18.2 Å². The molecule has 0 saturated carbocycles. The number of carbonyl (C=O) groups is 1. The predicted molar refractivity (Wildman–Crippen MR) is 91.3 cm³/mol. The molecule has 1 unspecified atom stereocenters. The van der Waals surface area contributed by atoms with Gasteiger partial charge in [-0.25, -0.2) is 8.42 Å². The highest BCUT2D eigenvalue weighted by molar-refractivity contribution is 9.10. The molecule has 10 heteroatoms. The maximum absolute atomic E-state index is 12.7. The summed E-state index contributed by atoms with van der Waals surface area (Å²) in [5, 5.41) is 11.3. The van der Waals surface area contributed by atoms with Crippen molar-refractivity contribution < 1.29 is 31.5 Å². The number of benzene rings is 2. The maximum atomic E-state index is 12.7. The summed E-state index contributed by atoms with van der Waals surface area (Å²) in [6.45, 7) is 0.324. The van der Waals surface area contributed by atoms with E-state index in [1.54, 1.807) is 18.2 Å². The molecule has 2 aromatic rings. The molecule has 2 N–H and O–H groups in total. The van der Waals surface area contributed by atoms with E-state index in [4.69, 9.17) is 0 Å². The van der Waals surface area contributed by atoms with Crippen LogP contribution in [0.15, 0.2) is 62.8 Å². The first-order chi connectivity index (χ1) is 11.9. The van der Waals surface area contributed by atoms with Crippen molar-refractivity contribution >= 4 is 37.4 Å². The minimum Gasteiger partial charge on any atom is -0.373 e. The van der Waals surface area contributed by atoms with Crippen molar-refractivity contribution in [3.05, 3.63) is 53.0 Å². The molecule has 0 heterocycles. The summed E-state index contributed by atoms with van der Waals surface area (Å²) in [5.41, 5.74) is -3.71. The second-order valence-corrected chi connectivity index (χ2v) is 8.29. The van der Waals surface area contributed by atoms with Gasteiger partial charge < -0.3 is 10.4 Å². The van der Waals surface area contributed by atoms with Gasteiger partial charge in [-0.3, -0.25) is 4.79 Å². The number of amides is 1. The smallest absolute Gasteiger partial charge is 0.373 e. The lowest BCUT2D eigenvalue weighted by Crippen LogP contribution is -2.52. The van der Waals surface area contributed by atoms with Gasteiger partial charge in [0.15, 0.2) is 0 Å². The van der Waals surface area contributed by atoms with Crippen molar-refractivity contribution in [3.8, 4) is 0 Å². The summed E-state index contributed by atoms with van der Waals surface area (Å²) in [6.07, 6.45) is -5.17. The number of alkyl halides is 3. The Hall–Kier alpha value is -1.91. The summed E-state index contributed by atoms with van der Waals surface area (Å²) >= 11 is 3.02. The van der Waals surface area contributed by atoms with E-state index in [0.29, 0.717) is 6.92 Å². The molecule has 0 aliphatic rings. The van der Waals surface area contributed by atoms with Crippen LogP contribution in [0.5, 0.6) is 0 Å². The second kappa shape index (κ2) is 7.01. The average molecular weight is 452 g/mol. The summed E-state index contributed by atoms with van der Waals surface area (Å²) in [4.78, 5) is 11.6. The quantitative estimate of drug-likeness (QED) is 0.744. The van der Waals surface area contributed by atoms with Crippen LogP contribution in [0.2, 0.25) is 0 Å². The third-order valence-corrected chi connectivity index (χ3v) is 5.97. The zero-order chi connectivity index (χ0) is 19.8. The molecule has 0 saturated heterocycles. The summed E-state index contributed by atoms with van der Waals surface area (Å²) in [5.74, 6) is -1.69. The number of sulfone groups is 1. The van der Waals surface area contributed by atoms with E-state index in [-0.39, 0.29) is 20.0 Å². The second-order valence-electron chi connectivity index (χ2n) is 5.48. The van der Waals surface area contributed by atoms with E-state index in [9.17, 15) is 31.5 Å². The van der Waals surface area contributed by atoms with Crippen LogP contribution >= 0.6 is 15.9 Å². The topological polar surface area (TPSA) is 83.5 Å². The van der Waals surface area contributed by atoms with Crippen molar-refractivity contribution in [2.24, 2.45) is 0 Å². The molecule has 26 heavy (non-hydrogen) atoms. The minimum absolute atomic E-state index is 0.0424.